The number of benzene rings is 2. The Morgan fingerprint density at radius 2 is 1.97 bits per heavy atom. The van der Waals surface area contributed by atoms with Gasteiger partial charge in [-0.3, -0.25) is 9.36 Å². The van der Waals surface area contributed by atoms with E-state index < -0.39 is 0 Å². The van der Waals surface area contributed by atoms with E-state index in [9.17, 15) is 9.18 Å². The molecule has 1 aliphatic heterocycles. The molecule has 1 fully saturated rings. The molecule has 4 rings (SSSR count). The van der Waals surface area contributed by atoms with E-state index in [1.165, 1.54) is 23.9 Å². The summed E-state index contributed by atoms with van der Waals surface area (Å²) in [5.41, 5.74) is 1.89. The van der Waals surface area contributed by atoms with Crippen LogP contribution in [-0.4, -0.2) is 50.1 Å². The second-order valence-corrected chi connectivity index (χ2v) is 9.46. The molecule has 1 aromatic heterocycles. The van der Waals surface area contributed by atoms with Crippen molar-refractivity contribution < 1.29 is 13.9 Å². The van der Waals surface area contributed by atoms with Crippen LogP contribution in [0.5, 0.6) is 0 Å². The maximum atomic E-state index is 13.5. The van der Waals surface area contributed by atoms with Crippen molar-refractivity contribution in [1.82, 2.24) is 19.7 Å². The Hall–Kier alpha value is -2.71. The summed E-state index contributed by atoms with van der Waals surface area (Å²) in [5.74, 6) is 0.418. The molecule has 3 aromatic rings. The van der Waals surface area contributed by atoms with Crippen LogP contribution >= 0.6 is 11.8 Å². The maximum absolute atomic E-state index is 13.5. The number of hydrogen-bond acceptors (Lipinski definition) is 5. The molecule has 0 saturated carbocycles. The predicted molar refractivity (Wildman–Crippen MR) is 127 cm³/mol. The summed E-state index contributed by atoms with van der Waals surface area (Å²) in [6.45, 7) is 6.45. The summed E-state index contributed by atoms with van der Waals surface area (Å²) in [7, 11) is 0. The number of halogens is 1. The fourth-order valence-electron chi connectivity index (χ4n) is 3.96. The summed E-state index contributed by atoms with van der Waals surface area (Å²) >= 11 is 1.40. The topological polar surface area (TPSA) is 60.2 Å². The van der Waals surface area contributed by atoms with Gasteiger partial charge in [0.1, 0.15) is 5.82 Å². The van der Waals surface area contributed by atoms with Crippen LogP contribution in [0.15, 0.2) is 59.8 Å². The van der Waals surface area contributed by atoms with Crippen LogP contribution < -0.4 is 0 Å². The minimum Gasteiger partial charge on any atom is -0.376 e. The number of amides is 1. The Bertz CT molecular complexity index is 1050. The van der Waals surface area contributed by atoms with Crippen LogP contribution in [0, 0.1) is 5.82 Å². The van der Waals surface area contributed by atoms with Crippen LogP contribution in [0.3, 0.4) is 0 Å². The number of ether oxygens (including phenoxy) is 1. The minimum absolute atomic E-state index is 0.0568. The van der Waals surface area contributed by atoms with Crippen molar-refractivity contribution in [3.05, 3.63) is 66.0 Å². The SMILES string of the molecule is CCN(Cc1ccccc1)C(=O)C(C)Sc1nnc(-c2ccc(F)cc2)n1CC1CCCO1. The molecule has 1 amide bonds. The molecule has 2 unspecified atom stereocenters. The normalized spacial score (nSPS) is 16.6. The summed E-state index contributed by atoms with van der Waals surface area (Å²) < 4.78 is 21.3. The lowest BCUT2D eigenvalue weighted by Crippen LogP contribution is -2.36. The third-order valence-electron chi connectivity index (χ3n) is 5.77. The van der Waals surface area contributed by atoms with Gasteiger partial charge in [0, 0.05) is 25.3 Å². The molecule has 8 heteroatoms. The van der Waals surface area contributed by atoms with E-state index >= 15 is 0 Å². The van der Waals surface area contributed by atoms with Crippen molar-refractivity contribution in [3.63, 3.8) is 0 Å². The van der Waals surface area contributed by atoms with E-state index in [0.29, 0.717) is 30.6 Å². The van der Waals surface area contributed by atoms with Crippen molar-refractivity contribution in [1.29, 1.82) is 0 Å². The van der Waals surface area contributed by atoms with Crippen molar-refractivity contribution in [2.24, 2.45) is 0 Å². The first-order valence-electron chi connectivity index (χ1n) is 11.3. The van der Waals surface area contributed by atoms with Gasteiger partial charge in [-0.1, -0.05) is 42.1 Å². The van der Waals surface area contributed by atoms with Gasteiger partial charge in [0.2, 0.25) is 5.91 Å². The van der Waals surface area contributed by atoms with Crippen LogP contribution in [-0.2, 0) is 22.6 Å². The average molecular weight is 469 g/mol. The van der Waals surface area contributed by atoms with E-state index in [1.807, 2.05) is 53.6 Å². The summed E-state index contributed by atoms with van der Waals surface area (Å²) in [4.78, 5) is 15.1. The molecule has 0 spiro atoms. The second-order valence-electron chi connectivity index (χ2n) is 8.16. The van der Waals surface area contributed by atoms with Gasteiger partial charge in [-0.2, -0.15) is 0 Å². The molecular weight excluding hydrogens is 439 g/mol. The fourth-order valence-corrected chi connectivity index (χ4v) is 4.90. The van der Waals surface area contributed by atoms with Crippen molar-refractivity contribution in [2.45, 2.75) is 56.3 Å². The Morgan fingerprint density at radius 3 is 2.64 bits per heavy atom. The summed E-state index contributed by atoms with van der Waals surface area (Å²) in [5, 5.41) is 9.13. The Balaban J connectivity index is 1.54. The third-order valence-corrected chi connectivity index (χ3v) is 6.84. The van der Waals surface area contributed by atoms with Gasteiger partial charge in [0.15, 0.2) is 11.0 Å². The van der Waals surface area contributed by atoms with Crippen LogP contribution in [0.25, 0.3) is 11.4 Å². The maximum Gasteiger partial charge on any atom is 0.236 e. The molecule has 174 valence electrons. The third kappa shape index (κ3) is 5.81. The Morgan fingerprint density at radius 1 is 1.21 bits per heavy atom. The van der Waals surface area contributed by atoms with Gasteiger partial charge in [-0.15, -0.1) is 10.2 Å². The number of nitrogens with zero attached hydrogens (tertiary/aromatic N) is 4. The minimum atomic E-state index is -0.331. The lowest BCUT2D eigenvalue weighted by molar-refractivity contribution is -0.130. The molecule has 1 aliphatic rings. The molecule has 2 heterocycles. The zero-order chi connectivity index (χ0) is 23.2. The largest absolute Gasteiger partial charge is 0.376 e. The molecular formula is C25H29FN4O2S. The molecule has 0 N–H and O–H groups in total. The lowest BCUT2D eigenvalue weighted by Gasteiger charge is -2.24. The summed E-state index contributed by atoms with van der Waals surface area (Å²) in [6, 6.07) is 16.2. The van der Waals surface area contributed by atoms with Gasteiger partial charge < -0.3 is 9.64 Å². The number of carbonyl (C=O) groups excluding carboxylic acids is 1. The lowest BCUT2D eigenvalue weighted by atomic mass is 10.2. The highest BCUT2D eigenvalue weighted by atomic mass is 32.2. The second kappa shape index (κ2) is 10.9. The molecule has 6 nitrogen and oxygen atoms in total. The molecule has 2 atom stereocenters. The van der Waals surface area contributed by atoms with E-state index in [0.717, 1.165) is 30.6 Å². The van der Waals surface area contributed by atoms with Gasteiger partial charge in [-0.05, 0) is 56.5 Å². The zero-order valence-electron chi connectivity index (χ0n) is 19.0. The number of thioether (sulfide) groups is 1. The first-order chi connectivity index (χ1) is 16.0. The number of aromatic nitrogens is 3. The van der Waals surface area contributed by atoms with E-state index in [4.69, 9.17) is 4.74 Å². The van der Waals surface area contributed by atoms with Crippen LogP contribution in [0.2, 0.25) is 0 Å². The number of rotatable bonds is 9. The average Bonchev–Trinajstić information content (AvgIpc) is 3.49. The predicted octanol–water partition coefficient (Wildman–Crippen LogP) is 4.79. The molecule has 2 aromatic carbocycles. The highest BCUT2D eigenvalue weighted by molar-refractivity contribution is 8.00. The van der Waals surface area contributed by atoms with Crippen molar-refractivity contribution in [2.75, 3.05) is 13.2 Å². The number of carbonyl (C=O) groups is 1. The van der Waals surface area contributed by atoms with Crippen LogP contribution in [0.1, 0.15) is 32.3 Å². The fraction of sp³-hybridized carbons (Fsp3) is 0.400. The Kier molecular flexibility index (Phi) is 7.77. The summed E-state index contributed by atoms with van der Waals surface area (Å²) in [6.07, 6.45) is 2.08. The molecule has 0 aliphatic carbocycles. The monoisotopic (exact) mass is 468 g/mol. The first kappa shape index (κ1) is 23.4. The van der Waals surface area contributed by atoms with Gasteiger partial charge in [0.05, 0.1) is 17.9 Å². The number of hydrogen-bond donors (Lipinski definition) is 0. The molecule has 33 heavy (non-hydrogen) atoms. The van der Waals surface area contributed by atoms with Gasteiger partial charge in [-0.25, -0.2) is 4.39 Å². The Labute approximate surface area is 198 Å². The van der Waals surface area contributed by atoms with E-state index in [-0.39, 0.29) is 23.1 Å². The smallest absolute Gasteiger partial charge is 0.236 e. The van der Waals surface area contributed by atoms with E-state index in [1.54, 1.807) is 12.1 Å². The first-order valence-corrected chi connectivity index (χ1v) is 12.2. The molecule has 1 saturated heterocycles. The van der Waals surface area contributed by atoms with Crippen LogP contribution in [0.4, 0.5) is 4.39 Å². The molecule has 0 bridgehead atoms. The van der Waals surface area contributed by atoms with Gasteiger partial charge in [0.25, 0.3) is 0 Å². The molecule has 0 radical (unpaired) electrons. The highest BCUT2D eigenvalue weighted by Crippen LogP contribution is 2.29. The highest BCUT2D eigenvalue weighted by Gasteiger charge is 2.26. The standard InChI is InChI=1S/C25H29FN4O2S/c1-3-29(16-19-8-5-4-6-9-19)24(31)18(2)33-25-28-27-23(20-11-13-21(26)14-12-20)30(25)17-22-10-7-15-32-22/h4-6,8-9,11-14,18,22H,3,7,10,15-17H2,1-2H3. The van der Waals surface area contributed by atoms with Crippen molar-refractivity contribution >= 4 is 17.7 Å². The quantitative estimate of drug-likeness (QED) is 0.423. The van der Waals surface area contributed by atoms with Gasteiger partial charge >= 0.3 is 0 Å². The zero-order valence-corrected chi connectivity index (χ0v) is 19.8. The van der Waals surface area contributed by atoms with Crippen molar-refractivity contribution in [3.8, 4) is 11.4 Å². The van der Waals surface area contributed by atoms with E-state index in [2.05, 4.69) is 10.2 Å².